The monoisotopic (exact) mass is 253 g/mol. The number of carbonyl (C=O) groups is 1. The summed E-state index contributed by atoms with van der Waals surface area (Å²) in [6.07, 6.45) is 2.82. The van der Waals surface area contributed by atoms with E-state index in [-0.39, 0.29) is 0 Å². The van der Waals surface area contributed by atoms with Gasteiger partial charge in [0.05, 0.1) is 0 Å². The number of nitrogens with zero attached hydrogens (tertiary/aromatic N) is 1. The van der Waals surface area contributed by atoms with Crippen LogP contribution in [-0.4, -0.2) is 28.6 Å². The Hall–Kier alpha value is -1.13. The summed E-state index contributed by atoms with van der Waals surface area (Å²) in [5.74, 6) is -0.905. The lowest BCUT2D eigenvalue weighted by Crippen LogP contribution is -2.29. The van der Waals surface area contributed by atoms with Crippen LogP contribution in [0.1, 0.15) is 30.5 Å². The maximum Gasteiger partial charge on any atom is 0.328 e. The quantitative estimate of drug-likeness (QED) is 0.792. The molecule has 1 aromatic rings. The molecule has 1 rings (SSSR count). The van der Waals surface area contributed by atoms with Crippen LogP contribution >= 0.6 is 11.3 Å². The number of thiophene rings is 1. The van der Waals surface area contributed by atoms with Crippen LogP contribution in [-0.2, 0) is 11.3 Å². The van der Waals surface area contributed by atoms with Gasteiger partial charge in [0, 0.05) is 28.4 Å². The Morgan fingerprint density at radius 1 is 1.53 bits per heavy atom. The summed E-state index contributed by atoms with van der Waals surface area (Å²) >= 11 is 1.64. The minimum atomic E-state index is -0.905. The van der Waals surface area contributed by atoms with E-state index in [1.807, 2.05) is 6.07 Å². The van der Waals surface area contributed by atoms with Gasteiger partial charge in [-0.3, -0.25) is 4.90 Å². The van der Waals surface area contributed by atoms with Gasteiger partial charge in [0.15, 0.2) is 0 Å². The minimum absolute atomic E-state index is 0.528. The number of aliphatic carboxylic acids is 1. The molecule has 1 aromatic heterocycles. The Labute approximate surface area is 106 Å². The number of rotatable bonds is 6. The highest BCUT2D eigenvalue weighted by molar-refractivity contribution is 7.12. The summed E-state index contributed by atoms with van der Waals surface area (Å²) in [6, 6.07) is 4.56. The second-order valence-corrected chi connectivity index (χ2v) is 5.33. The van der Waals surface area contributed by atoms with Crippen molar-refractivity contribution < 1.29 is 9.90 Å². The average Bonchev–Trinajstić information content (AvgIpc) is 2.70. The highest BCUT2D eigenvalue weighted by Gasteiger charge is 2.08. The van der Waals surface area contributed by atoms with Crippen LogP contribution in [0, 0.1) is 0 Å². The van der Waals surface area contributed by atoms with E-state index in [0.717, 1.165) is 18.0 Å². The lowest BCUT2D eigenvalue weighted by molar-refractivity contribution is -0.131. The fourth-order valence-corrected chi connectivity index (χ4v) is 2.52. The van der Waals surface area contributed by atoms with E-state index >= 15 is 0 Å². The third-order valence-corrected chi connectivity index (χ3v) is 3.60. The topological polar surface area (TPSA) is 40.5 Å². The lowest BCUT2D eigenvalue weighted by atomic mass is 10.3. The Balaban J connectivity index is 2.65. The maximum atomic E-state index is 10.4. The zero-order valence-corrected chi connectivity index (χ0v) is 11.3. The summed E-state index contributed by atoms with van der Waals surface area (Å²) < 4.78 is 0. The van der Waals surface area contributed by atoms with Gasteiger partial charge in [0.1, 0.15) is 0 Å². The first-order chi connectivity index (χ1) is 8.02. The lowest BCUT2D eigenvalue weighted by Gasteiger charge is -2.23. The number of hydrogen-bond donors (Lipinski definition) is 1. The molecule has 4 heteroatoms. The number of hydrogen-bond acceptors (Lipinski definition) is 3. The van der Waals surface area contributed by atoms with Gasteiger partial charge in [-0.25, -0.2) is 4.79 Å². The van der Waals surface area contributed by atoms with Crippen LogP contribution in [0.2, 0.25) is 0 Å². The first kappa shape index (κ1) is 13.9. The zero-order valence-electron chi connectivity index (χ0n) is 10.5. The molecule has 0 saturated heterocycles. The maximum absolute atomic E-state index is 10.4. The van der Waals surface area contributed by atoms with Crippen molar-refractivity contribution in [3.63, 3.8) is 0 Å². The molecule has 0 aliphatic carbocycles. The van der Waals surface area contributed by atoms with Crippen LogP contribution in [0.15, 0.2) is 18.2 Å². The molecule has 17 heavy (non-hydrogen) atoms. The molecule has 1 heterocycles. The van der Waals surface area contributed by atoms with Crippen molar-refractivity contribution in [2.45, 2.75) is 33.4 Å². The van der Waals surface area contributed by atoms with Gasteiger partial charge in [-0.2, -0.15) is 0 Å². The molecule has 0 fully saturated rings. The Kier molecular flexibility index (Phi) is 5.38. The molecule has 0 atom stereocenters. The van der Waals surface area contributed by atoms with Gasteiger partial charge in [0.2, 0.25) is 0 Å². The zero-order chi connectivity index (χ0) is 12.8. The van der Waals surface area contributed by atoms with Crippen LogP contribution in [0.25, 0.3) is 6.08 Å². The smallest absolute Gasteiger partial charge is 0.328 e. The van der Waals surface area contributed by atoms with Gasteiger partial charge >= 0.3 is 5.97 Å². The first-order valence-corrected chi connectivity index (χ1v) is 6.58. The van der Waals surface area contributed by atoms with Crippen molar-refractivity contribution in [3.05, 3.63) is 28.0 Å². The van der Waals surface area contributed by atoms with Crippen molar-refractivity contribution in [1.29, 1.82) is 0 Å². The van der Waals surface area contributed by atoms with E-state index < -0.39 is 5.97 Å². The number of carboxylic acids is 1. The van der Waals surface area contributed by atoms with Crippen LogP contribution in [0.4, 0.5) is 0 Å². The van der Waals surface area contributed by atoms with Crippen LogP contribution in [0.3, 0.4) is 0 Å². The summed E-state index contributed by atoms with van der Waals surface area (Å²) in [4.78, 5) is 15.0. The predicted octanol–water partition coefficient (Wildman–Crippen LogP) is 3.08. The van der Waals surface area contributed by atoms with Crippen molar-refractivity contribution in [1.82, 2.24) is 4.90 Å². The molecule has 0 bridgehead atoms. The minimum Gasteiger partial charge on any atom is -0.478 e. The van der Waals surface area contributed by atoms with Crippen LogP contribution < -0.4 is 0 Å². The molecule has 1 N–H and O–H groups in total. The normalized spacial score (nSPS) is 11.8. The number of carboxylic acid groups (broad SMARTS) is 1. The molecule has 0 aliphatic rings. The van der Waals surface area contributed by atoms with E-state index in [1.165, 1.54) is 11.0 Å². The van der Waals surface area contributed by atoms with Gasteiger partial charge in [-0.05, 0) is 38.6 Å². The van der Waals surface area contributed by atoms with E-state index in [9.17, 15) is 4.79 Å². The highest BCUT2D eigenvalue weighted by Crippen LogP contribution is 2.20. The third kappa shape index (κ3) is 4.71. The Morgan fingerprint density at radius 3 is 2.76 bits per heavy atom. The molecule has 0 aromatic carbocycles. The second kappa shape index (κ2) is 6.57. The van der Waals surface area contributed by atoms with Crippen molar-refractivity contribution in [2.75, 3.05) is 6.54 Å². The highest BCUT2D eigenvalue weighted by atomic mass is 32.1. The molecule has 0 unspecified atom stereocenters. The van der Waals surface area contributed by atoms with Gasteiger partial charge < -0.3 is 5.11 Å². The molecular formula is C13H19NO2S. The fourth-order valence-electron chi connectivity index (χ4n) is 1.58. The van der Waals surface area contributed by atoms with Crippen molar-refractivity contribution in [3.8, 4) is 0 Å². The average molecular weight is 253 g/mol. The molecule has 0 spiro atoms. The molecule has 0 aliphatic heterocycles. The fraction of sp³-hybridized carbons (Fsp3) is 0.462. The summed E-state index contributed by atoms with van der Waals surface area (Å²) in [6.45, 7) is 8.47. The second-order valence-electron chi connectivity index (χ2n) is 4.13. The third-order valence-electron chi connectivity index (χ3n) is 2.57. The summed E-state index contributed by atoms with van der Waals surface area (Å²) in [5, 5.41) is 8.55. The van der Waals surface area contributed by atoms with Gasteiger partial charge in [-0.1, -0.05) is 6.92 Å². The standard InChI is InChI=1S/C13H19NO2S/c1-4-14(10(2)3)9-12-6-5-11(17-12)7-8-13(15)16/h5-8,10H,4,9H2,1-3H3,(H,15,16). The van der Waals surface area contributed by atoms with E-state index in [1.54, 1.807) is 17.4 Å². The van der Waals surface area contributed by atoms with E-state index in [0.29, 0.717) is 6.04 Å². The van der Waals surface area contributed by atoms with Gasteiger partial charge in [0.25, 0.3) is 0 Å². The van der Waals surface area contributed by atoms with Crippen molar-refractivity contribution in [2.24, 2.45) is 0 Å². The molecule has 0 radical (unpaired) electrons. The molecular weight excluding hydrogens is 234 g/mol. The largest absolute Gasteiger partial charge is 0.478 e. The van der Waals surface area contributed by atoms with Crippen LogP contribution in [0.5, 0.6) is 0 Å². The summed E-state index contributed by atoms with van der Waals surface area (Å²) in [7, 11) is 0. The first-order valence-electron chi connectivity index (χ1n) is 5.76. The Morgan fingerprint density at radius 2 is 2.24 bits per heavy atom. The van der Waals surface area contributed by atoms with E-state index in [2.05, 4.69) is 31.7 Å². The van der Waals surface area contributed by atoms with E-state index in [4.69, 9.17) is 5.11 Å². The molecule has 94 valence electrons. The Bertz CT molecular complexity index is 396. The molecule has 0 saturated carbocycles. The SMILES string of the molecule is CCN(Cc1ccc(C=CC(=O)O)s1)C(C)C. The summed E-state index contributed by atoms with van der Waals surface area (Å²) in [5.41, 5.74) is 0. The molecule has 0 amide bonds. The van der Waals surface area contributed by atoms with Crippen molar-refractivity contribution >= 4 is 23.4 Å². The van der Waals surface area contributed by atoms with Gasteiger partial charge in [-0.15, -0.1) is 11.3 Å². The molecule has 3 nitrogen and oxygen atoms in total. The predicted molar refractivity (Wildman–Crippen MR) is 72.2 cm³/mol.